The molecule has 0 bridgehead atoms. The molecule has 1 fully saturated rings. The van der Waals surface area contributed by atoms with Gasteiger partial charge in [-0.1, -0.05) is 25.1 Å². The van der Waals surface area contributed by atoms with E-state index in [1.54, 1.807) is 6.20 Å². The van der Waals surface area contributed by atoms with Gasteiger partial charge in [0.05, 0.1) is 23.1 Å². The summed E-state index contributed by atoms with van der Waals surface area (Å²) in [6.45, 7) is 5.52. The highest BCUT2D eigenvalue weighted by Gasteiger charge is 2.22. The number of hydrogen-bond donors (Lipinski definition) is 2. The summed E-state index contributed by atoms with van der Waals surface area (Å²) in [6, 6.07) is 8.75. The largest absolute Gasteiger partial charge is 0.396 e. The van der Waals surface area contributed by atoms with Crippen LogP contribution in [0.5, 0.6) is 0 Å². The van der Waals surface area contributed by atoms with E-state index in [1.807, 2.05) is 18.2 Å². The van der Waals surface area contributed by atoms with Crippen LogP contribution < -0.4 is 11.1 Å². The van der Waals surface area contributed by atoms with Gasteiger partial charge in [0.1, 0.15) is 0 Å². The minimum atomic E-state index is 0.617. The maximum absolute atomic E-state index is 6.10. The van der Waals surface area contributed by atoms with Gasteiger partial charge in [-0.3, -0.25) is 9.88 Å². The predicted molar refractivity (Wildman–Crippen MR) is 84.9 cm³/mol. The first-order valence-corrected chi connectivity index (χ1v) is 7.40. The van der Waals surface area contributed by atoms with Gasteiger partial charge in [-0.2, -0.15) is 0 Å². The van der Waals surface area contributed by atoms with Gasteiger partial charge in [0.15, 0.2) is 0 Å². The summed E-state index contributed by atoms with van der Waals surface area (Å²) in [5, 5.41) is 4.66. The normalized spacial score (nSPS) is 19.6. The van der Waals surface area contributed by atoms with Crippen molar-refractivity contribution in [2.75, 3.05) is 30.7 Å². The molecule has 0 radical (unpaired) electrons. The van der Waals surface area contributed by atoms with Crippen molar-refractivity contribution < 1.29 is 0 Å². The Morgan fingerprint density at radius 3 is 3.10 bits per heavy atom. The molecule has 20 heavy (non-hydrogen) atoms. The molecule has 0 amide bonds. The number of hydrogen-bond acceptors (Lipinski definition) is 4. The van der Waals surface area contributed by atoms with Crippen molar-refractivity contribution in [1.29, 1.82) is 0 Å². The summed E-state index contributed by atoms with van der Waals surface area (Å²) in [6.07, 6.45) is 4.31. The molecule has 1 aromatic heterocycles. The van der Waals surface area contributed by atoms with Gasteiger partial charge in [0.25, 0.3) is 0 Å². The van der Waals surface area contributed by atoms with Crippen LogP contribution in [0.4, 0.5) is 11.4 Å². The van der Waals surface area contributed by atoms with E-state index in [0.29, 0.717) is 6.04 Å². The number of anilines is 2. The summed E-state index contributed by atoms with van der Waals surface area (Å²) < 4.78 is 0. The molecule has 1 aliphatic rings. The second kappa shape index (κ2) is 5.67. The Balaban J connectivity index is 1.82. The van der Waals surface area contributed by atoms with Crippen molar-refractivity contribution in [2.24, 2.45) is 0 Å². The number of rotatable bonds is 4. The number of nitrogens with one attached hydrogen (secondary N) is 1. The van der Waals surface area contributed by atoms with E-state index in [9.17, 15) is 0 Å². The zero-order chi connectivity index (χ0) is 13.9. The van der Waals surface area contributed by atoms with Crippen molar-refractivity contribution in [3.8, 4) is 0 Å². The molecule has 0 aliphatic carbocycles. The van der Waals surface area contributed by atoms with Crippen LogP contribution in [0.3, 0.4) is 0 Å². The summed E-state index contributed by atoms with van der Waals surface area (Å²) in [7, 11) is 0. The maximum atomic E-state index is 6.10. The quantitative estimate of drug-likeness (QED) is 0.897. The topological polar surface area (TPSA) is 54.2 Å². The number of nitrogens with zero attached hydrogens (tertiary/aromatic N) is 2. The number of nitrogens with two attached hydrogens (primary N) is 1. The lowest BCUT2D eigenvalue weighted by molar-refractivity contribution is 0.277. The third kappa shape index (κ3) is 2.43. The molecule has 4 heteroatoms. The average Bonchev–Trinajstić information content (AvgIpc) is 2.94. The minimum absolute atomic E-state index is 0.617. The molecule has 1 unspecified atom stereocenters. The van der Waals surface area contributed by atoms with Crippen LogP contribution in [0, 0.1) is 0 Å². The van der Waals surface area contributed by atoms with Gasteiger partial charge in [0.2, 0.25) is 0 Å². The zero-order valence-electron chi connectivity index (χ0n) is 12.0. The van der Waals surface area contributed by atoms with Gasteiger partial charge >= 0.3 is 0 Å². The minimum Gasteiger partial charge on any atom is -0.396 e. The Morgan fingerprint density at radius 1 is 1.40 bits per heavy atom. The van der Waals surface area contributed by atoms with E-state index in [2.05, 4.69) is 28.2 Å². The number of para-hydroxylation sites is 1. The lowest BCUT2D eigenvalue weighted by Gasteiger charge is -2.24. The first-order chi connectivity index (χ1) is 9.79. The van der Waals surface area contributed by atoms with Gasteiger partial charge in [0, 0.05) is 18.0 Å². The zero-order valence-corrected chi connectivity index (χ0v) is 12.0. The fourth-order valence-corrected chi connectivity index (χ4v) is 3.12. The van der Waals surface area contributed by atoms with Crippen molar-refractivity contribution in [3.63, 3.8) is 0 Å². The SMILES string of the molecule is CCN1CCCC1CNc1c(N)cnc2ccccc12. The van der Waals surface area contributed by atoms with E-state index in [0.717, 1.165) is 35.4 Å². The summed E-state index contributed by atoms with van der Waals surface area (Å²) >= 11 is 0. The fourth-order valence-electron chi connectivity index (χ4n) is 3.12. The van der Waals surface area contributed by atoms with E-state index < -0.39 is 0 Å². The monoisotopic (exact) mass is 270 g/mol. The molecular weight excluding hydrogens is 248 g/mol. The predicted octanol–water partition coefficient (Wildman–Crippen LogP) is 2.71. The third-order valence-electron chi connectivity index (χ3n) is 4.22. The standard InChI is InChI=1S/C16H22N4/c1-2-20-9-5-6-12(20)10-19-16-13-7-3-4-8-15(13)18-11-14(16)17/h3-4,7-8,11-12H,2,5-6,9-10,17H2,1H3,(H,18,19). The molecule has 1 atom stereocenters. The second-order valence-electron chi connectivity index (χ2n) is 5.41. The molecular formula is C16H22N4. The average molecular weight is 270 g/mol. The third-order valence-corrected chi connectivity index (χ3v) is 4.22. The summed E-state index contributed by atoms with van der Waals surface area (Å²) in [5.74, 6) is 0. The van der Waals surface area contributed by atoms with E-state index in [-0.39, 0.29) is 0 Å². The van der Waals surface area contributed by atoms with Crippen LogP contribution in [-0.4, -0.2) is 35.6 Å². The number of likely N-dealkylation sites (N-methyl/N-ethyl adjacent to an activating group) is 1. The highest BCUT2D eigenvalue weighted by atomic mass is 15.2. The van der Waals surface area contributed by atoms with Crippen LogP contribution in [0.2, 0.25) is 0 Å². The molecule has 3 rings (SSSR count). The molecule has 1 saturated heterocycles. The molecule has 3 N–H and O–H groups in total. The number of likely N-dealkylation sites (tertiary alicyclic amines) is 1. The Labute approximate surface area is 120 Å². The highest BCUT2D eigenvalue weighted by Crippen LogP contribution is 2.28. The fraction of sp³-hybridized carbons (Fsp3) is 0.438. The number of pyridine rings is 1. The van der Waals surface area contributed by atoms with Crippen molar-refractivity contribution >= 4 is 22.3 Å². The Kier molecular flexibility index (Phi) is 3.74. The van der Waals surface area contributed by atoms with E-state index in [4.69, 9.17) is 5.73 Å². The Bertz CT molecular complexity index is 596. The van der Waals surface area contributed by atoms with Crippen LogP contribution >= 0.6 is 0 Å². The Morgan fingerprint density at radius 2 is 2.25 bits per heavy atom. The Hall–Kier alpha value is -1.81. The molecule has 2 aromatic rings. The van der Waals surface area contributed by atoms with Gasteiger partial charge in [-0.25, -0.2) is 0 Å². The number of benzene rings is 1. The lowest BCUT2D eigenvalue weighted by atomic mass is 10.1. The van der Waals surface area contributed by atoms with E-state index in [1.165, 1.54) is 19.4 Å². The smallest absolute Gasteiger partial charge is 0.0743 e. The second-order valence-corrected chi connectivity index (χ2v) is 5.41. The van der Waals surface area contributed by atoms with Gasteiger partial charge < -0.3 is 11.1 Å². The lowest BCUT2D eigenvalue weighted by Crippen LogP contribution is -2.34. The molecule has 4 nitrogen and oxygen atoms in total. The van der Waals surface area contributed by atoms with Crippen molar-refractivity contribution in [2.45, 2.75) is 25.8 Å². The number of fused-ring (bicyclic) bond motifs is 1. The first kappa shape index (κ1) is 13.2. The molecule has 1 aromatic carbocycles. The summed E-state index contributed by atoms with van der Waals surface area (Å²) in [4.78, 5) is 6.91. The van der Waals surface area contributed by atoms with Crippen LogP contribution in [0.15, 0.2) is 30.5 Å². The maximum Gasteiger partial charge on any atom is 0.0743 e. The molecule has 106 valence electrons. The molecule has 2 heterocycles. The van der Waals surface area contributed by atoms with Crippen LogP contribution in [-0.2, 0) is 0 Å². The van der Waals surface area contributed by atoms with Crippen LogP contribution in [0.1, 0.15) is 19.8 Å². The highest BCUT2D eigenvalue weighted by molar-refractivity contribution is 5.96. The molecule has 0 spiro atoms. The first-order valence-electron chi connectivity index (χ1n) is 7.40. The van der Waals surface area contributed by atoms with Gasteiger partial charge in [-0.05, 0) is 32.0 Å². The summed E-state index contributed by atoms with van der Waals surface area (Å²) in [5.41, 5.74) is 8.84. The van der Waals surface area contributed by atoms with Crippen molar-refractivity contribution in [1.82, 2.24) is 9.88 Å². The molecule has 1 aliphatic heterocycles. The number of aromatic nitrogens is 1. The number of nitrogen functional groups attached to an aromatic ring is 1. The van der Waals surface area contributed by atoms with Gasteiger partial charge in [-0.15, -0.1) is 0 Å². The molecule has 0 saturated carbocycles. The van der Waals surface area contributed by atoms with E-state index >= 15 is 0 Å². The van der Waals surface area contributed by atoms with Crippen LogP contribution in [0.25, 0.3) is 10.9 Å². The van der Waals surface area contributed by atoms with Crippen molar-refractivity contribution in [3.05, 3.63) is 30.5 Å².